The molecule has 0 bridgehead atoms. The molecule has 0 aliphatic heterocycles. The molecule has 8 heteroatoms. The van der Waals surface area contributed by atoms with Crippen molar-refractivity contribution in [3.05, 3.63) is 63.9 Å². The molecule has 25 heavy (non-hydrogen) atoms. The van der Waals surface area contributed by atoms with Gasteiger partial charge in [-0.2, -0.15) is 5.10 Å². The first kappa shape index (κ1) is 18.0. The molecule has 0 saturated carbocycles. The summed E-state index contributed by atoms with van der Waals surface area (Å²) in [5, 5.41) is 3.99. The minimum absolute atomic E-state index is 0.160. The van der Waals surface area contributed by atoms with E-state index in [0.717, 1.165) is 15.4 Å². The van der Waals surface area contributed by atoms with Crippen LogP contribution in [0.5, 0.6) is 0 Å². The number of benzene rings is 2. The van der Waals surface area contributed by atoms with Crippen LogP contribution in [0.15, 0.2) is 59.5 Å². The van der Waals surface area contributed by atoms with Gasteiger partial charge in [0.25, 0.3) is 6.43 Å². The molecule has 0 radical (unpaired) electrons. The minimum atomic E-state index is -3.33. The van der Waals surface area contributed by atoms with Gasteiger partial charge in [0.1, 0.15) is 5.69 Å². The largest absolute Gasteiger partial charge is 0.282 e. The second-order valence-electron chi connectivity index (χ2n) is 5.44. The molecule has 0 spiro atoms. The first-order valence-electron chi connectivity index (χ1n) is 7.20. The molecular weight excluding hydrogens is 461 g/mol. The minimum Gasteiger partial charge on any atom is -0.233 e. The maximum absolute atomic E-state index is 13.1. The highest BCUT2D eigenvalue weighted by Crippen LogP contribution is 2.29. The zero-order valence-corrected chi connectivity index (χ0v) is 16.0. The average Bonchev–Trinajstić information content (AvgIpc) is 3.00. The van der Waals surface area contributed by atoms with Crippen molar-refractivity contribution in [3.8, 4) is 16.9 Å². The quantitative estimate of drug-likeness (QED) is 0.524. The predicted octanol–water partition coefficient (Wildman–Crippen LogP) is 4.49. The summed E-state index contributed by atoms with van der Waals surface area (Å²) in [5.41, 5.74) is 1.43. The Bertz CT molecular complexity index is 998. The van der Waals surface area contributed by atoms with Crippen molar-refractivity contribution < 1.29 is 17.2 Å². The van der Waals surface area contributed by atoms with E-state index in [0.29, 0.717) is 11.4 Å². The lowest BCUT2D eigenvalue weighted by Crippen LogP contribution is -2.02. The summed E-state index contributed by atoms with van der Waals surface area (Å²) in [6, 6.07) is 14.7. The van der Waals surface area contributed by atoms with Gasteiger partial charge in [0.15, 0.2) is 9.84 Å². The van der Waals surface area contributed by atoms with Crippen LogP contribution in [0.3, 0.4) is 0 Å². The van der Waals surface area contributed by atoms with E-state index in [2.05, 4.69) is 27.7 Å². The lowest BCUT2D eigenvalue weighted by molar-refractivity contribution is 0.145. The summed E-state index contributed by atoms with van der Waals surface area (Å²) in [6.07, 6.45) is -1.58. The first-order chi connectivity index (χ1) is 11.8. The van der Waals surface area contributed by atoms with E-state index in [9.17, 15) is 17.2 Å². The molecule has 3 rings (SSSR count). The lowest BCUT2D eigenvalue weighted by Gasteiger charge is -2.08. The molecule has 0 amide bonds. The molecule has 1 aromatic heterocycles. The molecular formula is C17H13F2IN2O2S. The van der Waals surface area contributed by atoms with Gasteiger partial charge in [-0.25, -0.2) is 21.9 Å². The number of rotatable bonds is 4. The Hall–Kier alpha value is -1.81. The van der Waals surface area contributed by atoms with Crippen molar-refractivity contribution in [2.45, 2.75) is 11.3 Å². The van der Waals surface area contributed by atoms with Gasteiger partial charge >= 0.3 is 0 Å². The first-order valence-corrected chi connectivity index (χ1v) is 10.2. The Morgan fingerprint density at radius 2 is 1.64 bits per heavy atom. The van der Waals surface area contributed by atoms with Crippen molar-refractivity contribution >= 4 is 32.4 Å². The number of nitrogens with zero attached hydrogens (tertiary/aromatic N) is 2. The summed E-state index contributed by atoms with van der Waals surface area (Å²) in [6.45, 7) is 0. The lowest BCUT2D eigenvalue weighted by atomic mass is 10.1. The highest BCUT2D eigenvalue weighted by Gasteiger charge is 2.18. The molecule has 0 N–H and O–H groups in total. The van der Waals surface area contributed by atoms with Crippen LogP contribution >= 0.6 is 22.6 Å². The van der Waals surface area contributed by atoms with Crippen LogP contribution in [-0.2, 0) is 9.84 Å². The van der Waals surface area contributed by atoms with Crippen molar-refractivity contribution in [3.63, 3.8) is 0 Å². The van der Waals surface area contributed by atoms with E-state index in [1.807, 2.05) is 24.3 Å². The van der Waals surface area contributed by atoms with Gasteiger partial charge in [0.05, 0.1) is 16.3 Å². The third-order valence-electron chi connectivity index (χ3n) is 3.60. The molecule has 0 atom stereocenters. The Labute approximate surface area is 157 Å². The third kappa shape index (κ3) is 3.90. The number of sulfone groups is 1. The maximum atomic E-state index is 13.1. The molecule has 4 nitrogen and oxygen atoms in total. The number of alkyl halides is 2. The molecule has 0 fully saturated rings. The summed E-state index contributed by atoms with van der Waals surface area (Å²) in [4.78, 5) is 0.160. The van der Waals surface area contributed by atoms with Gasteiger partial charge in [-0.1, -0.05) is 12.1 Å². The highest BCUT2D eigenvalue weighted by molar-refractivity contribution is 14.1. The fraction of sp³-hybridized carbons (Fsp3) is 0.118. The van der Waals surface area contributed by atoms with Crippen molar-refractivity contribution in [2.75, 3.05) is 6.26 Å². The fourth-order valence-corrected chi connectivity index (χ4v) is 3.35. The van der Waals surface area contributed by atoms with E-state index < -0.39 is 16.3 Å². The fourth-order valence-electron chi connectivity index (χ4n) is 2.36. The Kier molecular flexibility index (Phi) is 4.92. The normalized spacial score (nSPS) is 11.9. The SMILES string of the molecule is CS(=O)(=O)c1ccc(-n2nc(C(F)F)cc2-c2ccc(I)cc2)cc1. The molecule has 2 aromatic carbocycles. The predicted molar refractivity (Wildman–Crippen MR) is 99.8 cm³/mol. The van der Waals surface area contributed by atoms with Gasteiger partial charge in [-0.15, -0.1) is 0 Å². The van der Waals surface area contributed by atoms with Gasteiger partial charge in [-0.05, 0) is 65.1 Å². The van der Waals surface area contributed by atoms with Crippen LogP contribution in [-0.4, -0.2) is 24.5 Å². The maximum Gasteiger partial charge on any atom is 0.282 e. The smallest absolute Gasteiger partial charge is 0.233 e. The summed E-state index contributed by atoms with van der Waals surface area (Å²) in [5.74, 6) is 0. The van der Waals surface area contributed by atoms with Crippen LogP contribution in [0, 0.1) is 3.57 Å². The van der Waals surface area contributed by atoms with Crippen molar-refractivity contribution in [2.24, 2.45) is 0 Å². The van der Waals surface area contributed by atoms with Gasteiger partial charge < -0.3 is 0 Å². The number of hydrogen-bond acceptors (Lipinski definition) is 3. The average molecular weight is 474 g/mol. The molecule has 0 aliphatic carbocycles. The van der Waals surface area contributed by atoms with E-state index in [1.165, 1.54) is 22.9 Å². The monoisotopic (exact) mass is 474 g/mol. The molecule has 1 heterocycles. The molecule has 0 saturated heterocycles. The van der Waals surface area contributed by atoms with Gasteiger partial charge in [-0.3, -0.25) is 0 Å². The number of hydrogen-bond donors (Lipinski definition) is 0. The van der Waals surface area contributed by atoms with E-state index in [4.69, 9.17) is 0 Å². The third-order valence-corrected chi connectivity index (χ3v) is 5.45. The zero-order valence-electron chi connectivity index (χ0n) is 13.0. The Morgan fingerprint density at radius 3 is 2.16 bits per heavy atom. The number of halogens is 3. The van der Waals surface area contributed by atoms with Crippen LogP contribution < -0.4 is 0 Å². The van der Waals surface area contributed by atoms with Crippen molar-refractivity contribution in [1.29, 1.82) is 0 Å². The highest BCUT2D eigenvalue weighted by atomic mass is 127. The zero-order chi connectivity index (χ0) is 18.2. The number of aromatic nitrogens is 2. The summed E-state index contributed by atoms with van der Waals surface area (Å²) < 4.78 is 51.8. The molecule has 130 valence electrons. The van der Waals surface area contributed by atoms with Gasteiger partial charge in [0, 0.05) is 15.4 Å². The van der Waals surface area contributed by atoms with E-state index >= 15 is 0 Å². The van der Waals surface area contributed by atoms with E-state index in [1.54, 1.807) is 12.1 Å². The van der Waals surface area contributed by atoms with Crippen LogP contribution in [0.1, 0.15) is 12.1 Å². The van der Waals surface area contributed by atoms with E-state index in [-0.39, 0.29) is 10.6 Å². The summed E-state index contributed by atoms with van der Waals surface area (Å²) in [7, 11) is -3.33. The molecule has 3 aromatic rings. The molecule has 0 aliphatic rings. The van der Waals surface area contributed by atoms with Crippen LogP contribution in [0.25, 0.3) is 16.9 Å². The molecule has 0 unspecified atom stereocenters. The van der Waals surface area contributed by atoms with Crippen LogP contribution in [0.4, 0.5) is 8.78 Å². The Morgan fingerprint density at radius 1 is 1.04 bits per heavy atom. The van der Waals surface area contributed by atoms with Gasteiger partial charge in [0.2, 0.25) is 0 Å². The second-order valence-corrected chi connectivity index (χ2v) is 8.70. The standard InChI is InChI=1S/C17H13F2IN2O2S/c1-25(23,24)14-8-6-13(7-9-14)22-16(10-15(21-22)17(18)19)11-2-4-12(20)5-3-11/h2-10,17H,1H3. The van der Waals surface area contributed by atoms with Crippen molar-refractivity contribution in [1.82, 2.24) is 9.78 Å². The van der Waals surface area contributed by atoms with Crippen LogP contribution in [0.2, 0.25) is 0 Å². The summed E-state index contributed by atoms with van der Waals surface area (Å²) >= 11 is 2.16. The Balaban J connectivity index is 2.13. The topological polar surface area (TPSA) is 52.0 Å². The second kappa shape index (κ2) is 6.83.